The maximum atomic E-state index is 13.2. The highest BCUT2D eigenvalue weighted by Crippen LogP contribution is 2.45. The van der Waals surface area contributed by atoms with Gasteiger partial charge in [0.25, 0.3) is 5.91 Å². The molecular weight excluding hydrogens is 358 g/mol. The van der Waals surface area contributed by atoms with Gasteiger partial charge in [0.15, 0.2) is 11.5 Å². The van der Waals surface area contributed by atoms with Crippen molar-refractivity contribution in [1.82, 2.24) is 0 Å². The molecule has 4 rings (SSSR count). The van der Waals surface area contributed by atoms with Crippen molar-refractivity contribution in [3.63, 3.8) is 0 Å². The van der Waals surface area contributed by atoms with E-state index in [1.54, 1.807) is 24.0 Å². The molecule has 0 aliphatic carbocycles. The molecule has 4 nitrogen and oxygen atoms in total. The number of aliphatic hydroxyl groups excluding tert-OH is 2. The van der Waals surface area contributed by atoms with Crippen molar-refractivity contribution in [1.29, 1.82) is 0 Å². The van der Waals surface area contributed by atoms with Gasteiger partial charge in [-0.1, -0.05) is 48.0 Å². The molecule has 5 heteroatoms. The van der Waals surface area contributed by atoms with Crippen molar-refractivity contribution >= 4 is 28.0 Å². The molecule has 27 heavy (non-hydrogen) atoms. The molecular formula is C22H19NO3S. The van der Waals surface area contributed by atoms with Crippen LogP contribution in [0.15, 0.2) is 66.4 Å². The molecule has 3 aromatic rings. The van der Waals surface area contributed by atoms with E-state index in [0.717, 1.165) is 16.0 Å². The van der Waals surface area contributed by atoms with E-state index in [9.17, 15) is 15.0 Å². The van der Waals surface area contributed by atoms with Crippen molar-refractivity contribution < 1.29 is 15.0 Å². The second-order valence-corrected chi connectivity index (χ2v) is 7.68. The van der Waals surface area contributed by atoms with Gasteiger partial charge < -0.3 is 10.2 Å². The third-order valence-corrected chi connectivity index (χ3v) is 5.97. The van der Waals surface area contributed by atoms with Crippen LogP contribution in [-0.2, 0) is 0 Å². The lowest BCUT2D eigenvalue weighted by atomic mass is 10.0. The maximum absolute atomic E-state index is 13.2. The van der Waals surface area contributed by atoms with Crippen molar-refractivity contribution in [2.24, 2.45) is 0 Å². The van der Waals surface area contributed by atoms with E-state index in [4.69, 9.17) is 0 Å². The largest absolute Gasteiger partial charge is 0.506 e. The van der Waals surface area contributed by atoms with Crippen molar-refractivity contribution in [3.8, 4) is 10.4 Å². The number of anilines is 1. The minimum atomic E-state index is -0.645. The Hall–Kier alpha value is -3.05. The van der Waals surface area contributed by atoms with Crippen LogP contribution in [0.2, 0.25) is 0 Å². The van der Waals surface area contributed by atoms with E-state index in [1.165, 1.54) is 11.3 Å². The number of benzene rings is 2. The Labute approximate surface area is 161 Å². The number of hydrogen-bond donors (Lipinski definition) is 2. The minimum absolute atomic E-state index is 0.163. The van der Waals surface area contributed by atoms with Crippen molar-refractivity contribution in [3.05, 3.63) is 83.1 Å². The first-order valence-electron chi connectivity index (χ1n) is 8.69. The number of fused-ring (bicyclic) bond motifs is 1. The zero-order chi connectivity index (χ0) is 19.1. The molecule has 2 aromatic carbocycles. The Balaban J connectivity index is 1.83. The van der Waals surface area contributed by atoms with Gasteiger partial charge in [0, 0.05) is 10.4 Å². The maximum Gasteiger partial charge on any atom is 0.259 e. The number of hydrogen-bond acceptors (Lipinski definition) is 4. The molecule has 1 aromatic heterocycles. The van der Waals surface area contributed by atoms with Crippen LogP contribution >= 0.6 is 11.3 Å². The first-order chi connectivity index (χ1) is 13.0. The van der Waals surface area contributed by atoms with Gasteiger partial charge >= 0.3 is 0 Å². The highest BCUT2D eigenvalue weighted by molar-refractivity contribution is 7.20. The van der Waals surface area contributed by atoms with Crippen LogP contribution in [-0.4, -0.2) is 22.2 Å². The highest BCUT2D eigenvalue weighted by atomic mass is 32.1. The molecule has 1 amide bonds. The van der Waals surface area contributed by atoms with Crippen molar-refractivity contribution in [2.45, 2.75) is 19.9 Å². The number of carbonyl (C=O) groups is 1. The molecule has 1 aliphatic rings. The molecule has 0 spiro atoms. The zero-order valence-corrected chi connectivity index (χ0v) is 15.8. The van der Waals surface area contributed by atoms with Crippen LogP contribution in [0.4, 0.5) is 5.00 Å². The van der Waals surface area contributed by atoms with Crippen LogP contribution in [0.1, 0.15) is 28.4 Å². The van der Waals surface area contributed by atoms with E-state index >= 15 is 0 Å². The van der Waals surface area contributed by atoms with E-state index in [1.807, 2.05) is 55.5 Å². The summed E-state index contributed by atoms with van der Waals surface area (Å²) >= 11 is 1.43. The predicted molar refractivity (Wildman–Crippen MR) is 109 cm³/mol. The molecule has 0 fully saturated rings. The number of thiophene rings is 1. The molecule has 0 radical (unpaired) electrons. The van der Waals surface area contributed by atoms with E-state index in [-0.39, 0.29) is 17.4 Å². The summed E-state index contributed by atoms with van der Waals surface area (Å²) in [4.78, 5) is 15.7. The summed E-state index contributed by atoms with van der Waals surface area (Å²) in [6, 6.07) is 18.3. The lowest BCUT2D eigenvalue weighted by molar-refractivity contribution is 0.0976. The van der Waals surface area contributed by atoms with Gasteiger partial charge in [0.2, 0.25) is 0 Å². The summed E-state index contributed by atoms with van der Waals surface area (Å²) in [7, 11) is 0. The summed E-state index contributed by atoms with van der Waals surface area (Å²) in [6.45, 7) is 3.68. The zero-order valence-electron chi connectivity index (χ0n) is 15.0. The highest BCUT2D eigenvalue weighted by Gasteiger charge is 2.36. The average Bonchev–Trinajstić information content (AvgIpc) is 3.12. The summed E-state index contributed by atoms with van der Waals surface area (Å²) in [6.07, 6.45) is 0. The number of aliphatic hydroxyl groups is 2. The van der Waals surface area contributed by atoms with E-state index in [2.05, 4.69) is 0 Å². The lowest BCUT2D eigenvalue weighted by Crippen LogP contribution is -2.42. The van der Waals surface area contributed by atoms with Gasteiger partial charge in [-0.2, -0.15) is 0 Å². The molecule has 2 heterocycles. The molecule has 0 bridgehead atoms. The van der Waals surface area contributed by atoms with Gasteiger partial charge in [-0.15, -0.1) is 11.3 Å². The van der Waals surface area contributed by atoms with Crippen LogP contribution in [0.3, 0.4) is 0 Å². The van der Waals surface area contributed by atoms with Crippen molar-refractivity contribution in [2.75, 3.05) is 4.90 Å². The normalized spacial score (nSPS) is 16.4. The third-order valence-electron chi connectivity index (χ3n) is 4.79. The van der Waals surface area contributed by atoms with Crippen LogP contribution in [0, 0.1) is 6.92 Å². The topological polar surface area (TPSA) is 60.8 Å². The standard InChI is InChI=1S/C22H19NO3S/c1-13-8-10-16(11-9-13)21(26)23-14(2)19(24)20(25)17-12-18(27-22(17)23)15-6-4-3-5-7-15/h3-12,14,24-25H,1-2H3. The summed E-state index contributed by atoms with van der Waals surface area (Å²) in [5, 5.41) is 21.5. The predicted octanol–water partition coefficient (Wildman–Crippen LogP) is 5.56. The Morgan fingerprint density at radius 3 is 2.37 bits per heavy atom. The number of rotatable bonds is 2. The monoisotopic (exact) mass is 377 g/mol. The third kappa shape index (κ3) is 2.90. The van der Waals surface area contributed by atoms with Gasteiger partial charge in [-0.3, -0.25) is 9.69 Å². The summed E-state index contributed by atoms with van der Waals surface area (Å²) < 4.78 is 0. The fourth-order valence-corrected chi connectivity index (χ4v) is 4.46. The number of carbonyl (C=O) groups excluding carboxylic acids is 1. The molecule has 0 saturated heterocycles. The number of nitrogens with zero attached hydrogens (tertiary/aromatic N) is 1. The fraction of sp³-hybridized carbons (Fsp3) is 0.136. The van der Waals surface area contributed by atoms with Gasteiger partial charge in [-0.25, -0.2) is 0 Å². The quantitative estimate of drug-likeness (QED) is 0.615. The summed E-state index contributed by atoms with van der Waals surface area (Å²) in [5.41, 5.74) is 3.10. The van der Waals surface area contributed by atoms with Gasteiger partial charge in [0.1, 0.15) is 5.00 Å². The Morgan fingerprint density at radius 1 is 1.04 bits per heavy atom. The van der Waals surface area contributed by atoms with Crippen LogP contribution in [0.25, 0.3) is 16.2 Å². The molecule has 1 unspecified atom stereocenters. The fourth-order valence-electron chi connectivity index (χ4n) is 3.21. The smallest absolute Gasteiger partial charge is 0.259 e. The lowest BCUT2D eigenvalue weighted by Gasteiger charge is -2.32. The second kappa shape index (κ2) is 6.59. The SMILES string of the molecule is Cc1ccc(C(=O)N2c3sc(-c4ccccc4)cc3C(O)=C(O)C2C)cc1. The summed E-state index contributed by atoms with van der Waals surface area (Å²) in [5.74, 6) is -0.562. The minimum Gasteiger partial charge on any atom is -0.506 e. The first kappa shape index (κ1) is 17.4. The molecule has 1 aliphatic heterocycles. The molecule has 2 N–H and O–H groups in total. The Morgan fingerprint density at radius 2 is 1.70 bits per heavy atom. The number of aryl methyl sites for hydroxylation is 1. The number of amides is 1. The molecule has 136 valence electrons. The van der Waals surface area contributed by atoms with Gasteiger partial charge in [0.05, 0.1) is 11.6 Å². The van der Waals surface area contributed by atoms with Gasteiger partial charge in [-0.05, 0) is 37.6 Å². The molecule has 0 saturated carbocycles. The Kier molecular flexibility index (Phi) is 4.24. The van der Waals surface area contributed by atoms with Crippen LogP contribution < -0.4 is 4.90 Å². The molecule has 1 atom stereocenters. The average molecular weight is 377 g/mol. The van der Waals surface area contributed by atoms with Crippen LogP contribution in [0.5, 0.6) is 0 Å². The first-order valence-corrected chi connectivity index (χ1v) is 9.51. The van der Waals surface area contributed by atoms with E-state index < -0.39 is 6.04 Å². The second-order valence-electron chi connectivity index (χ2n) is 6.65. The Bertz CT molecular complexity index is 1040. The van der Waals surface area contributed by atoms with E-state index in [0.29, 0.717) is 16.1 Å².